The zero-order valence-corrected chi connectivity index (χ0v) is 8.99. The Morgan fingerprint density at radius 2 is 1.64 bits per heavy atom. The average Bonchev–Trinajstić information content (AvgIpc) is 1.60. The van der Waals surface area contributed by atoms with Crippen molar-refractivity contribution >= 4 is 15.6 Å². The normalized spacial score (nSPS) is 16.7. The van der Waals surface area contributed by atoms with Gasteiger partial charge in [-0.2, -0.15) is 4.67 Å². The van der Waals surface area contributed by atoms with Crippen LogP contribution in [0.4, 0.5) is 0 Å². The standard InChI is InChI=1S/Na.H4O8P2/c;1-7-10(5,6)8-9(2,3)4/h;1H,(H,5,6)(H2,2,3,4)/q+1;/p-1. The fraction of sp³-hybridized carbons (Fsp3) is 0. The summed E-state index contributed by atoms with van der Waals surface area (Å²) in [5.41, 5.74) is 0. The fourth-order valence-corrected chi connectivity index (χ4v) is 1.24. The molecule has 8 nitrogen and oxygen atoms in total. The van der Waals surface area contributed by atoms with Gasteiger partial charge in [0, 0.05) is 0 Å². The summed E-state index contributed by atoms with van der Waals surface area (Å²) >= 11 is 0. The van der Waals surface area contributed by atoms with Crippen molar-refractivity contribution in [3.05, 3.63) is 0 Å². The van der Waals surface area contributed by atoms with E-state index in [1.165, 1.54) is 0 Å². The van der Waals surface area contributed by atoms with Crippen molar-refractivity contribution in [1.29, 1.82) is 0 Å². The van der Waals surface area contributed by atoms with Crippen molar-refractivity contribution in [3.8, 4) is 0 Å². The molecule has 0 bridgehead atoms. The molecule has 1 N–H and O–H groups in total. The Morgan fingerprint density at radius 3 is 1.73 bits per heavy atom. The van der Waals surface area contributed by atoms with Crippen LogP contribution in [0.3, 0.4) is 0 Å². The summed E-state index contributed by atoms with van der Waals surface area (Å²) in [6, 6.07) is 0. The van der Waals surface area contributed by atoms with Crippen molar-refractivity contribution in [1.82, 2.24) is 0 Å². The Morgan fingerprint density at radius 1 is 1.27 bits per heavy atom. The Hall–Kier alpha value is 1.22. The molecular formula is H3NaO8P2. The molecule has 0 rings (SSSR count). The van der Waals surface area contributed by atoms with Crippen LogP contribution in [0.1, 0.15) is 2.85 Å². The van der Waals surface area contributed by atoms with Crippen molar-refractivity contribution in [2.24, 2.45) is 0 Å². The first-order valence-electron chi connectivity index (χ1n) is 1.64. The molecule has 0 amide bonds. The van der Waals surface area contributed by atoms with Gasteiger partial charge >= 0.3 is 40.2 Å². The fourth-order valence-electron chi connectivity index (χ4n) is 0.137. The maximum atomic E-state index is 9.78. The van der Waals surface area contributed by atoms with Crippen LogP contribution in [0.15, 0.2) is 0 Å². The second-order valence-electron chi connectivity index (χ2n) is 1.06. The first kappa shape index (κ1) is 14.7. The molecule has 0 aliphatic carbocycles. The Balaban J connectivity index is -0.000000135. The van der Waals surface area contributed by atoms with E-state index in [9.17, 15) is 23.8 Å². The monoisotopic (exact) mass is 216 g/mol. The van der Waals surface area contributed by atoms with E-state index in [1.807, 2.05) is 0 Å². The van der Waals surface area contributed by atoms with E-state index in [-0.39, 0.29) is 32.4 Å². The molecule has 0 aromatic carbocycles. The number of hydrogen-bond acceptors (Lipinski definition) is 8. The number of rotatable bonds is 3. The van der Waals surface area contributed by atoms with Crippen molar-refractivity contribution in [2.75, 3.05) is 0 Å². The van der Waals surface area contributed by atoms with Gasteiger partial charge in [-0.05, 0) is 0 Å². The van der Waals surface area contributed by atoms with Crippen molar-refractivity contribution < 1.29 is 70.5 Å². The summed E-state index contributed by atoms with van der Waals surface area (Å²) in [7, 11) is -11.0. The van der Waals surface area contributed by atoms with Crippen molar-refractivity contribution in [2.45, 2.75) is 0 Å². The van der Waals surface area contributed by atoms with Gasteiger partial charge in [-0.25, -0.2) is 5.26 Å². The summed E-state index contributed by atoms with van der Waals surface area (Å²) in [5.74, 6) is 0. The maximum absolute atomic E-state index is 9.78. The molecule has 0 heterocycles. The van der Waals surface area contributed by atoms with Gasteiger partial charge in [0.1, 0.15) is 0 Å². The summed E-state index contributed by atoms with van der Waals surface area (Å²) < 4.78 is 24.5. The third kappa shape index (κ3) is 9.13. The van der Waals surface area contributed by atoms with Gasteiger partial charge in [-0.15, -0.1) is 0 Å². The van der Waals surface area contributed by atoms with Gasteiger partial charge in [0.15, 0.2) is 0 Å². The van der Waals surface area contributed by atoms with Crippen LogP contribution in [0.2, 0.25) is 0 Å². The molecule has 0 aliphatic rings. The first-order valence-corrected chi connectivity index (χ1v) is 4.56. The second-order valence-corrected chi connectivity index (χ2v) is 3.66. The number of hydrogen-bond donors (Lipinski definition) is 1. The molecule has 1 atom stereocenters. The van der Waals surface area contributed by atoms with Gasteiger partial charge < -0.3 is 19.2 Å². The van der Waals surface area contributed by atoms with E-state index in [0.29, 0.717) is 0 Å². The summed E-state index contributed by atoms with van der Waals surface area (Å²) in [4.78, 5) is 28.8. The zero-order valence-electron chi connectivity index (χ0n) is 7.20. The topological polar surface area (TPSA) is 142 Å². The molecule has 11 heteroatoms. The Kier molecular flexibility index (Phi) is 6.77. The largest absolute Gasteiger partial charge is 1.00 e. The molecule has 0 saturated heterocycles. The predicted octanol–water partition coefficient (Wildman–Crippen LogP) is -4.98. The van der Waals surface area contributed by atoms with Crippen LogP contribution in [0.25, 0.3) is 0 Å². The minimum atomic E-state index is -5.66. The van der Waals surface area contributed by atoms with Gasteiger partial charge in [0.25, 0.3) is 0 Å². The van der Waals surface area contributed by atoms with Gasteiger partial charge in [-0.1, -0.05) is 0 Å². The minimum Gasteiger partial charge on any atom is -0.790 e. The molecule has 0 aromatic rings. The van der Waals surface area contributed by atoms with Crippen molar-refractivity contribution in [3.63, 3.8) is 0 Å². The third-order valence-corrected chi connectivity index (χ3v) is 2.10. The molecule has 62 valence electrons. The van der Waals surface area contributed by atoms with E-state index in [1.54, 1.807) is 0 Å². The van der Waals surface area contributed by atoms with Crippen LogP contribution in [0, 0.1) is 0 Å². The molecule has 1 unspecified atom stereocenters. The van der Waals surface area contributed by atoms with Gasteiger partial charge in [0.2, 0.25) is 0 Å². The van der Waals surface area contributed by atoms with Crippen LogP contribution in [-0.2, 0) is 18.1 Å². The molecular weight excluding hydrogens is 213 g/mol. The smallest absolute Gasteiger partial charge is 0.790 e. The second kappa shape index (κ2) is 5.06. The summed E-state index contributed by atoms with van der Waals surface area (Å²) in [6.45, 7) is 0. The van der Waals surface area contributed by atoms with Crippen LogP contribution >= 0.6 is 15.6 Å². The van der Waals surface area contributed by atoms with E-state index < -0.39 is 15.6 Å². The first-order chi connectivity index (χ1) is 4.27. The van der Waals surface area contributed by atoms with Crippen LogP contribution in [0.5, 0.6) is 0 Å². The Labute approximate surface area is 86.2 Å². The zero-order chi connectivity index (χ0) is 8.41. The van der Waals surface area contributed by atoms with E-state index >= 15 is 0 Å². The SMILES string of the molecule is O=P([O-])([O-])OP(=O)([O-])OO.[H+].[H+].[Na+]. The summed E-state index contributed by atoms with van der Waals surface area (Å²) in [6.07, 6.45) is 0. The van der Waals surface area contributed by atoms with Gasteiger partial charge in [0.05, 0.1) is 7.82 Å². The molecule has 0 aromatic heterocycles. The van der Waals surface area contributed by atoms with Crippen LogP contribution < -0.4 is 44.2 Å². The molecule has 11 heavy (non-hydrogen) atoms. The molecule has 0 spiro atoms. The third-order valence-electron chi connectivity index (χ3n) is 0.300. The quantitative estimate of drug-likeness (QED) is 0.214. The predicted molar refractivity (Wildman–Crippen MR) is 22.2 cm³/mol. The van der Waals surface area contributed by atoms with E-state index in [0.717, 1.165) is 0 Å². The summed E-state index contributed by atoms with van der Waals surface area (Å²) in [5, 5.41) is 7.36. The Bertz CT molecular complexity index is 198. The number of phosphoric acid groups is 2. The maximum Gasteiger partial charge on any atom is 1.00 e. The molecule has 0 fully saturated rings. The van der Waals surface area contributed by atoms with E-state index in [2.05, 4.69) is 8.99 Å². The molecule has 0 aliphatic heterocycles. The minimum absolute atomic E-state index is 0. The molecule has 0 radical (unpaired) electrons. The molecule has 0 saturated carbocycles. The van der Waals surface area contributed by atoms with Crippen LogP contribution in [-0.4, -0.2) is 5.26 Å². The van der Waals surface area contributed by atoms with Gasteiger partial charge in [-0.3, -0.25) is 8.88 Å². The average molecular weight is 216 g/mol. The van der Waals surface area contributed by atoms with E-state index in [4.69, 9.17) is 5.26 Å².